The van der Waals surface area contributed by atoms with Gasteiger partial charge in [-0.25, -0.2) is 0 Å². The summed E-state index contributed by atoms with van der Waals surface area (Å²) in [7, 11) is 0. The lowest BCUT2D eigenvalue weighted by atomic mass is 9.98. The van der Waals surface area contributed by atoms with Crippen LogP contribution in [0.1, 0.15) is 118 Å². The summed E-state index contributed by atoms with van der Waals surface area (Å²) >= 11 is 0. The van der Waals surface area contributed by atoms with Crippen LogP contribution in [0.5, 0.6) is 0 Å². The van der Waals surface area contributed by atoms with Gasteiger partial charge in [0.25, 0.3) is 0 Å². The zero-order valence-corrected chi connectivity index (χ0v) is 18.3. The van der Waals surface area contributed by atoms with E-state index in [4.69, 9.17) is 10.2 Å². The molecule has 0 unspecified atom stereocenters. The summed E-state index contributed by atoms with van der Waals surface area (Å²) < 4.78 is 0. The van der Waals surface area contributed by atoms with Gasteiger partial charge in [0, 0.05) is 6.42 Å². The summed E-state index contributed by atoms with van der Waals surface area (Å²) in [5.74, 6) is -1.42. The Kier molecular flexibility index (Phi) is 20.1. The number of rotatable bonds is 15. The van der Waals surface area contributed by atoms with Crippen molar-refractivity contribution >= 4 is 11.9 Å². The summed E-state index contributed by atoms with van der Waals surface area (Å²) in [6, 6.07) is 0. The summed E-state index contributed by atoms with van der Waals surface area (Å²) in [4.78, 5) is 20.3. The molecule has 4 heteroatoms. The Hall–Kier alpha value is -1.32. The molecule has 0 aromatic rings. The molecule has 0 saturated heterocycles. The second-order valence-corrected chi connectivity index (χ2v) is 8.28. The quantitative estimate of drug-likeness (QED) is 0.231. The Morgan fingerprint density at radius 2 is 1.07 bits per heavy atom. The van der Waals surface area contributed by atoms with E-state index in [1.54, 1.807) is 20.8 Å². The Labute approximate surface area is 167 Å². The van der Waals surface area contributed by atoms with Gasteiger partial charge in [0.05, 0.1) is 5.41 Å². The largest absolute Gasteiger partial charge is 0.481 e. The highest BCUT2D eigenvalue weighted by Crippen LogP contribution is 2.11. The van der Waals surface area contributed by atoms with Crippen molar-refractivity contribution in [2.45, 2.75) is 118 Å². The zero-order chi connectivity index (χ0) is 21.0. The molecule has 0 fully saturated rings. The fourth-order valence-electron chi connectivity index (χ4n) is 2.35. The molecule has 4 nitrogen and oxygen atoms in total. The van der Waals surface area contributed by atoms with Crippen molar-refractivity contribution in [3.63, 3.8) is 0 Å². The molecule has 27 heavy (non-hydrogen) atoms. The molecule has 0 rings (SSSR count). The fraction of sp³-hybridized carbons (Fsp3) is 0.826. The molecular formula is C23H44O4. The van der Waals surface area contributed by atoms with Crippen LogP contribution < -0.4 is 0 Å². The standard InChI is InChI=1S/C18H34O2.C5H10O2/c1-2-3-4-5-6-7-8-9-10-11-12-13-14-15-16-17-18(19)20;1-5(2,3)4(6)7/h9-10H,2-8,11-17H2,1H3,(H,19,20);1-3H3,(H,6,7)/b10-9-;. The second kappa shape index (κ2) is 19.4. The number of carbonyl (C=O) groups is 2. The average Bonchev–Trinajstić information content (AvgIpc) is 2.57. The Morgan fingerprint density at radius 1 is 0.704 bits per heavy atom. The topological polar surface area (TPSA) is 74.6 Å². The predicted octanol–water partition coefficient (Wildman–Crippen LogP) is 7.23. The summed E-state index contributed by atoms with van der Waals surface area (Å²) in [5.41, 5.74) is -0.583. The molecule has 2 N–H and O–H groups in total. The predicted molar refractivity (Wildman–Crippen MR) is 114 cm³/mol. The zero-order valence-electron chi connectivity index (χ0n) is 18.3. The van der Waals surface area contributed by atoms with Gasteiger partial charge in [-0.05, 0) is 52.9 Å². The lowest BCUT2D eigenvalue weighted by Crippen LogP contribution is -2.18. The van der Waals surface area contributed by atoms with Crippen LogP contribution >= 0.6 is 0 Å². The molecular weight excluding hydrogens is 340 g/mol. The monoisotopic (exact) mass is 384 g/mol. The van der Waals surface area contributed by atoms with Crippen LogP contribution in [0.15, 0.2) is 12.2 Å². The number of carboxylic acids is 2. The molecule has 0 aliphatic carbocycles. The molecule has 0 amide bonds. The third-order valence-corrected chi connectivity index (χ3v) is 4.29. The van der Waals surface area contributed by atoms with E-state index in [1.807, 2.05) is 0 Å². The maximum absolute atomic E-state index is 10.3. The number of aliphatic carboxylic acids is 2. The lowest BCUT2D eigenvalue weighted by Gasteiger charge is -2.08. The molecule has 0 aliphatic heterocycles. The minimum absolute atomic E-state index is 0.332. The van der Waals surface area contributed by atoms with E-state index in [-0.39, 0.29) is 0 Å². The molecule has 0 heterocycles. The minimum Gasteiger partial charge on any atom is -0.481 e. The first-order valence-electron chi connectivity index (χ1n) is 10.8. The lowest BCUT2D eigenvalue weighted by molar-refractivity contribution is -0.145. The van der Waals surface area contributed by atoms with Crippen LogP contribution in [0.4, 0.5) is 0 Å². The highest BCUT2D eigenvalue weighted by Gasteiger charge is 2.18. The molecule has 0 radical (unpaired) electrons. The van der Waals surface area contributed by atoms with Crippen molar-refractivity contribution in [2.24, 2.45) is 5.41 Å². The van der Waals surface area contributed by atoms with Crippen molar-refractivity contribution in [1.82, 2.24) is 0 Å². The SMILES string of the molecule is CC(C)(C)C(=O)O.CCCCCCCC/C=C\CCCCCCCC(=O)O. The van der Waals surface area contributed by atoms with Crippen LogP contribution in [0.3, 0.4) is 0 Å². The van der Waals surface area contributed by atoms with E-state index in [0.717, 1.165) is 12.8 Å². The molecule has 0 bridgehead atoms. The second-order valence-electron chi connectivity index (χ2n) is 8.28. The van der Waals surface area contributed by atoms with Crippen LogP contribution in [0, 0.1) is 5.41 Å². The van der Waals surface area contributed by atoms with E-state index >= 15 is 0 Å². The normalized spacial score (nSPS) is 11.3. The van der Waals surface area contributed by atoms with Gasteiger partial charge < -0.3 is 10.2 Å². The van der Waals surface area contributed by atoms with E-state index in [1.165, 1.54) is 70.6 Å². The number of allylic oxidation sites excluding steroid dienone is 2. The number of hydrogen-bond donors (Lipinski definition) is 2. The van der Waals surface area contributed by atoms with Crippen molar-refractivity contribution in [1.29, 1.82) is 0 Å². The summed E-state index contributed by atoms with van der Waals surface area (Å²) in [6.07, 6.45) is 21.2. The first-order valence-corrected chi connectivity index (χ1v) is 10.8. The maximum atomic E-state index is 10.3. The van der Waals surface area contributed by atoms with E-state index in [9.17, 15) is 9.59 Å². The Morgan fingerprint density at radius 3 is 1.44 bits per heavy atom. The van der Waals surface area contributed by atoms with E-state index in [0.29, 0.717) is 6.42 Å². The molecule has 0 atom stereocenters. The van der Waals surface area contributed by atoms with Crippen molar-refractivity contribution in [3.8, 4) is 0 Å². The third kappa shape index (κ3) is 27.0. The van der Waals surface area contributed by atoms with Gasteiger partial charge in [0.15, 0.2) is 0 Å². The van der Waals surface area contributed by atoms with E-state index in [2.05, 4.69) is 19.1 Å². The van der Waals surface area contributed by atoms with Crippen LogP contribution in [-0.2, 0) is 9.59 Å². The number of hydrogen-bond acceptors (Lipinski definition) is 2. The van der Waals surface area contributed by atoms with Gasteiger partial charge >= 0.3 is 11.9 Å². The van der Waals surface area contributed by atoms with Crippen molar-refractivity contribution in [2.75, 3.05) is 0 Å². The maximum Gasteiger partial charge on any atom is 0.308 e. The smallest absolute Gasteiger partial charge is 0.308 e. The molecule has 0 spiro atoms. The van der Waals surface area contributed by atoms with Gasteiger partial charge in [-0.15, -0.1) is 0 Å². The van der Waals surface area contributed by atoms with Crippen LogP contribution in [-0.4, -0.2) is 22.2 Å². The van der Waals surface area contributed by atoms with Crippen LogP contribution in [0.2, 0.25) is 0 Å². The average molecular weight is 385 g/mol. The van der Waals surface area contributed by atoms with Gasteiger partial charge in [-0.2, -0.15) is 0 Å². The summed E-state index contributed by atoms with van der Waals surface area (Å²) in [5, 5.41) is 16.8. The molecule has 0 aromatic carbocycles. The fourth-order valence-corrected chi connectivity index (χ4v) is 2.35. The van der Waals surface area contributed by atoms with Gasteiger partial charge in [0.2, 0.25) is 0 Å². The van der Waals surface area contributed by atoms with E-state index < -0.39 is 17.4 Å². The highest BCUT2D eigenvalue weighted by molar-refractivity contribution is 5.72. The minimum atomic E-state index is -0.757. The molecule has 0 saturated carbocycles. The van der Waals surface area contributed by atoms with Crippen molar-refractivity contribution < 1.29 is 19.8 Å². The van der Waals surface area contributed by atoms with Gasteiger partial charge in [-0.3, -0.25) is 9.59 Å². The Balaban J connectivity index is 0. The summed E-state index contributed by atoms with van der Waals surface area (Å²) in [6.45, 7) is 7.24. The van der Waals surface area contributed by atoms with Gasteiger partial charge in [0.1, 0.15) is 0 Å². The Bertz CT molecular complexity index is 380. The van der Waals surface area contributed by atoms with Crippen LogP contribution in [0.25, 0.3) is 0 Å². The number of unbranched alkanes of at least 4 members (excludes halogenated alkanes) is 11. The third-order valence-electron chi connectivity index (χ3n) is 4.29. The molecule has 160 valence electrons. The molecule has 0 aromatic heterocycles. The van der Waals surface area contributed by atoms with Crippen molar-refractivity contribution in [3.05, 3.63) is 12.2 Å². The highest BCUT2D eigenvalue weighted by atomic mass is 16.4. The number of carboxylic acid groups (broad SMARTS) is 2. The first kappa shape index (κ1) is 27.9. The molecule has 0 aliphatic rings. The van der Waals surface area contributed by atoms with Gasteiger partial charge in [-0.1, -0.05) is 70.4 Å². The first-order chi connectivity index (χ1) is 12.7.